The van der Waals surface area contributed by atoms with Gasteiger partial charge in [0.15, 0.2) is 6.07 Å². The zero-order chi connectivity index (χ0) is 14.5. The van der Waals surface area contributed by atoms with E-state index >= 15 is 0 Å². The van der Waals surface area contributed by atoms with Gasteiger partial charge in [-0.05, 0) is 20.8 Å². The Labute approximate surface area is 117 Å². The molecule has 1 fully saturated rings. The molecule has 0 N–H and O–H groups in total. The molecule has 0 radical (unpaired) electrons. The molecule has 1 heterocycles. The van der Waals surface area contributed by atoms with Crippen LogP contribution in [0.15, 0.2) is 0 Å². The molecule has 0 aromatic carbocycles. The Balaban J connectivity index is 2.45. The van der Waals surface area contributed by atoms with Crippen molar-refractivity contribution in [3.63, 3.8) is 0 Å². The molecule has 1 amide bonds. The average Bonchev–Trinajstić information content (AvgIpc) is 2.27. The van der Waals surface area contributed by atoms with Crippen molar-refractivity contribution in [3.8, 4) is 0 Å². The van der Waals surface area contributed by atoms with Crippen LogP contribution in [0, 0.1) is 0 Å². The van der Waals surface area contributed by atoms with E-state index in [4.69, 9.17) is 21.1 Å². The minimum absolute atomic E-state index is 0.0754. The molecule has 6 nitrogen and oxygen atoms in total. The Morgan fingerprint density at radius 1 is 1.42 bits per heavy atom. The predicted molar refractivity (Wildman–Crippen MR) is 69.0 cm³/mol. The van der Waals surface area contributed by atoms with E-state index in [0.29, 0.717) is 19.7 Å². The van der Waals surface area contributed by atoms with E-state index < -0.39 is 17.7 Å². The second-order valence-electron chi connectivity index (χ2n) is 5.25. The van der Waals surface area contributed by atoms with Crippen molar-refractivity contribution in [2.45, 2.75) is 38.9 Å². The quantitative estimate of drug-likeness (QED) is 0.586. The largest absolute Gasteiger partial charge is 0.449 e. The van der Waals surface area contributed by atoms with Crippen LogP contribution in [0.25, 0.3) is 0 Å². The summed E-state index contributed by atoms with van der Waals surface area (Å²) in [7, 11) is 0. The van der Waals surface area contributed by atoms with Crippen molar-refractivity contribution in [1.82, 2.24) is 4.90 Å². The third-order valence-electron chi connectivity index (χ3n) is 2.40. The second-order valence-corrected chi connectivity index (χ2v) is 5.47. The summed E-state index contributed by atoms with van der Waals surface area (Å²) in [6.45, 7) is 6.56. The molecule has 110 valence electrons. The van der Waals surface area contributed by atoms with Crippen molar-refractivity contribution in [3.05, 3.63) is 0 Å². The maximum absolute atomic E-state index is 11.9. The number of ether oxygens (including phenoxy) is 3. The highest BCUT2D eigenvalue weighted by molar-refractivity contribution is 6.17. The Hall–Kier alpha value is -1.01. The van der Waals surface area contributed by atoms with E-state index in [1.54, 1.807) is 20.8 Å². The van der Waals surface area contributed by atoms with Gasteiger partial charge in [0.2, 0.25) is 0 Å². The van der Waals surface area contributed by atoms with Gasteiger partial charge in [0.05, 0.1) is 25.7 Å². The Morgan fingerprint density at radius 3 is 2.68 bits per heavy atom. The monoisotopic (exact) mass is 293 g/mol. The first-order chi connectivity index (χ1) is 8.81. The summed E-state index contributed by atoms with van der Waals surface area (Å²) < 4.78 is 15.3. The number of hydrogen-bond acceptors (Lipinski definition) is 5. The van der Waals surface area contributed by atoms with E-state index in [2.05, 4.69) is 4.74 Å². The first-order valence-corrected chi connectivity index (χ1v) is 6.66. The first-order valence-electron chi connectivity index (χ1n) is 6.13. The third-order valence-corrected chi connectivity index (χ3v) is 2.51. The van der Waals surface area contributed by atoms with Crippen LogP contribution < -0.4 is 0 Å². The Kier molecular flexibility index (Phi) is 5.87. The van der Waals surface area contributed by atoms with Crippen molar-refractivity contribution >= 4 is 23.7 Å². The lowest BCUT2D eigenvalue weighted by molar-refractivity contribution is -0.146. The summed E-state index contributed by atoms with van der Waals surface area (Å²) in [5, 5.41) is 0. The van der Waals surface area contributed by atoms with Crippen molar-refractivity contribution in [2.75, 3.05) is 25.8 Å². The molecule has 0 bridgehead atoms. The fourth-order valence-electron chi connectivity index (χ4n) is 1.64. The number of rotatable bonds is 3. The number of morpholine rings is 1. The van der Waals surface area contributed by atoms with Gasteiger partial charge in [0, 0.05) is 6.54 Å². The molecular weight excluding hydrogens is 274 g/mol. The number of amides is 1. The van der Waals surface area contributed by atoms with Crippen LogP contribution in [0.1, 0.15) is 27.2 Å². The van der Waals surface area contributed by atoms with Gasteiger partial charge in [-0.3, -0.25) is 4.79 Å². The molecular formula is C12H20ClNO5. The van der Waals surface area contributed by atoms with Crippen molar-refractivity contribution in [1.29, 1.82) is 0 Å². The molecule has 0 aromatic rings. The summed E-state index contributed by atoms with van der Waals surface area (Å²) >= 11 is 5.30. The Bertz CT molecular complexity index is 329. The molecule has 1 aliphatic rings. The summed E-state index contributed by atoms with van der Waals surface area (Å²) in [4.78, 5) is 24.7. The maximum atomic E-state index is 11.9. The van der Waals surface area contributed by atoms with Crippen molar-refractivity contribution in [2.24, 2.45) is 0 Å². The van der Waals surface area contributed by atoms with Gasteiger partial charge in [0.1, 0.15) is 5.60 Å². The van der Waals surface area contributed by atoms with Gasteiger partial charge >= 0.3 is 12.1 Å². The molecule has 0 aliphatic carbocycles. The number of esters is 1. The van der Waals surface area contributed by atoms with Crippen LogP contribution >= 0.6 is 11.6 Å². The molecule has 1 saturated heterocycles. The molecule has 1 aliphatic heterocycles. The lowest BCUT2D eigenvalue weighted by Crippen LogP contribution is -2.48. The molecule has 0 saturated carbocycles. The van der Waals surface area contributed by atoms with E-state index in [1.165, 1.54) is 4.90 Å². The minimum Gasteiger partial charge on any atom is -0.449 e. The zero-order valence-corrected chi connectivity index (χ0v) is 12.2. The summed E-state index contributed by atoms with van der Waals surface area (Å²) in [6, 6.07) is -0.179. The highest BCUT2D eigenvalue weighted by Crippen LogP contribution is 2.14. The normalized spacial score (nSPS) is 20.0. The van der Waals surface area contributed by atoms with Crippen LogP contribution in [0.5, 0.6) is 0 Å². The molecule has 19 heavy (non-hydrogen) atoms. The van der Waals surface area contributed by atoms with Gasteiger partial charge in [-0.1, -0.05) is 11.6 Å². The van der Waals surface area contributed by atoms with Crippen LogP contribution in [-0.4, -0.2) is 54.4 Å². The molecule has 1 rings (SSSR count). The fraction of sp³-hybridized carbons (Fsp3) is 0.833. The van der Waals surface area contributed by atoms with E-state index in [1.807, 2.05) is 0 Å². The van der Waals surface area contributed by atoms with E-state index in [-0.39, 0.29) is 18.6 Å². The number of carbonyl (C=O) groups is 2. The van der Waals surface area contributed by atoms with Crippen LogP contribution in [0.4, 0.5) is 4.79 Å². The van der Waals surface area contributed by atoms with Gasteiger partial charge in [-0.2, -0.15) is 0 Å². The minimum atomic E-state index is -0.539. The molecule has 7 heteroatoms. The predicted octanol–water partition coefficient (Wildman–Crippen LogP) is 1.75. The van der Waals surface area contributed by atoms with Gasteiger partial charge < -0.3 is 19.1 Å². The van der Waals surface area contributed by atoms with Crippen LogP contribution in [0.2, 0.25) is 0 Å². The lowest BCUT2D eigenvalue weighted by atomic mass is 10.2. The maximum Gasteiger partial charge on any atom is 0.410 e. The average molecular weight is 294 g/mol. The summed E-state index contributed by atoms with van der Waals surface area (Å²) in [5.74, 6) is -0.439. The summed E-state index contributed by atoms with van der Waals surface area (Å²) in [5.41, 5.74) is -0.539. The topological polar surface area (TPSA) is 65.1 Å². The molecule has 1 atom stereocenters. The molecule has 0 aromatic heterocycles. The van der Waals surface area contributed by atoms with Gasteiger partial charge in [-0.15, -0.1) is 0 Å². The van der Waals surface area contributed by atoms with Gasteiger partial charge in [0.25, 0.3) is 0 Å². The fourth-order valence-corrected chi connectivity index (χ4v) is 1.76. The lowest BCUT2D eigenvalue weighted by Gasteiger charge is -2.33. The van der Waals surface area contributed by atoms with E-state index in [0.717, 1.165) is 0 Å². The zero-order valence-electron chi connectivity index (χ0n) is 11.5. The number of halogens is 1. The number of nitrogens with zero attached hydrogens (tertiary/aromatic N) is 1. The van der Waals surface area contributed by atoms with Crippen molar-refractivity contribution < 1.29 is 23.8 Å². The molecule has 1 unspecified atom stereocenters. The highest BCUT2D eigenvalue weighted by Gasteiger charge is 2.29. The summed E-state index contributed by atoms with van der Waals surface area (Å²) in [6.07, 6.45) is -0.699. The van der Waals surface area contributed by atoms with Gasteiger partial charge in [-0.25, -0.2) is 4.79 Å². The van der Waals surface area contributed by atoms with E-state index in [9.17, 15) is 9.59 Å². The second kappa shape index (κ2) is 6.96. The highest BCUT2D eigenvalue weighted by atomic mass is 35.5. The third kappa shape index (κ3) is 6.11. The van der Waals surface area contributed by atoms with Crippen LogP contribution in [0.3, 0.4) is 0 Å². The number of hydrogen-bond donors (Lipinski definition) is 0. The first kappa shape index (κ1) is 16.0. The van der Waals surface area contributed by atoms with Crippen LogP contribution in [-0.2, 0) is 19.0 Å². The SMILES string of the molecule is CC(C)(C)OC(=O)N1CCOC(CC(=O)OCCl)C1. The Morgan fingerprint density at radius 2 is 2.11 bits per heavy atom. The number of carbonyl (C=O) groups excluding carboxylic acids is 2. The molecule has 0 spiro atoms. The smallest absolute Gasteiger partial charge is 0.410 e. The standard InChI is InChI=1S/C12H20ClNO5/c1-12(2,3)19-11(16)14-4-5-17-9(7-14)6-10(15)18-8-13/h9H,4-8H2,1-3H3. The number of alkyl halides is 1.